The molecule has 52 heavy (non-hydrogen) atoms. The van der Waals surface area contributed by atoms with Crippen molar-refractivity contribution in [1.82, 2.24) is 30.2 Å². The van der Waals surface area contributed by atoms with E-state index in [2.05, 4.69) is 31.9 Å². The molecular formula is C35H47ClN6O9S. The molecule has 3 aliphatic rings. The normalized spacial score (nSPS) is 24.3. The summed E-state index contributed by atoms with van der Waals surface area (Å²) >= 11 is 6.46. The van der Waals surface area contributed by atoms with E-state index in [0.29, 0.717) is 29.6 Å². The number of ether oxygens (including phenoxy) is 3. The van der Waals surface area contributed by atoms with E-state index in [0.717, 1.165) is 0 Å². The summed E-state index contributed by atoms with van der Waals surface area (Å²) in [6, 6.07) is 2.03. The zero-order valence-electron chi connectivity index (χ0n) is 30.7. The first-order chi connectivity index (χ1) is 24.0. The summed E-state index contributed by atoms with van der Waals surface area (Å²) < 4.78 is 43.7. The van der Waals surface area contributed by atoms with E-state index in [4.69, 9.17) is 25.8 Å². The van der Waals surface area contributed by atoms with Gasteiger partial charge in [-0.3, -0.25) is 19.1 Å². The summed E-state index contributed by atoms with van der Waals surface area (Å²) in [6.07, 6.45) is 0.698. The van der Waals surface area contributed by atoms with Crippen LogP contribution in [0.1, 0.15) is 74.1 Å². The van der Waals surface area contributed by atoms with Crippen LogP contribution in [0.2, 0.25) is 5.15 Å². The van der Waals surface area contributed by atoms with E-state index >= 15 is 0 Å². The third-order valence-electron chi connectivity index (χ3n) is 9.64. The van der Waals surface area contributed by atoms with Gasteiger partial charge in [-0.15, -0.1) is 6.58 Å². The smallest absolute Gasteiger partial charge is 0.408 e. The van der Waals surface area contributed by atoms with Gasteiger partial charge < -0.3 is 29.7 Å². The average molecular weight is 763 g/mol. The number of alkyl carbamates (subject to hydrolysis) is 1. The van der Waals surface area contributed by atoms with Crippen molar-refractivity contribution in [3.05, 3.63) is 36.0 Å². The summed E-state index contributed by atoms with van der Waals surface area (Å²) in [5.74, 6) is -1.44. The fourth-order valence-corrected chi connectivity index (χ4v) is 7.55. The van der Waals surface area contributed by atoms with Crippen LogP contribution in [0.4, 0.5) is 4.79 Å². The highest BCUT2D eigenvalue weighted by Crippen LogP contribution is 2.49. The molecule has 0 spiro atoms. The lowest BCUT2D eigenvalue weighted by molar-refractivity contribution is -0.142. The second-order valence-electron chi connectivity index (χ2n) is 16.0. The van der Waals surface area contributed by atoms with Gasteiger partial charge in [0.15, 0.2) is 5.15 Å². The maximum Gasteiger partial charge on any atom is 0.408 e. The van der Waals surface area contributed by atoms with Gasteiger partial charge in [0.1, 0.15) is 29.5 Å². The third kappa shape index (κ3) is 8.07. The van der Waals surface area contributed by atoms with Crippen LogP contribution in [0.15, 0.2) is 30.9 Å². The number of benzene rings is 1. The van der Waals surface area contributed by atoms with Gasteiger partial charge in [-0.2, -0.15) is 0 Å². The molecule has 0 radical (unpaired) electrons. The Morgan fingerprint density at radius 3 is 2.35 bits per heavy atom. The van der Waals surface area contributed by atoms with E-state index in [1.807, 2.05) is 0 Å². The predicted octanol–water partition coefficient (Wildman–Crippen LogP) is 3.64. The zero-order chi connectivity index (χ0) is 38.6. The third-order valence-corrected chi connectivity index (χ3v) is 12.0. The lowest BCUT2D eigenvalue weighted by atomic mass is 9.85. The molecule has 1 aromatic heterocycles. The van der Waals surface area contributed by atoms with Crippen LogP contribution in [-0.2, 0) is 29.1 Å². The maximum absolute atomic E-state index is 14.4. The summed E-state index contributed by atoms with van der Waals surface area (Å²) in [5, 5.41) is 5.48. The minimum absolute atomic E-state index is 0.0121. The number of nitrogens with zero attached hydrogens (tertiary/aromatic N) is 3. The quantitative estimate of drug-likeness (QED) is 0.283. The van der Waals surface area contributed by atoms with E-state index in [-0.39, 0.29) is 30.4 Å². The lowest BCUT2D eigenvalue weighted by Gasteiger charge is -2.35. The van der Waals surface area contributed by atoms with Gasteiger partial charge in [-0.05, 0) is 64.5 Å². The van der Waals surface area contributed by atoms with Crippen LogP contribution in [-0.4, -0.2) is 95.3 Å². The Balaban J connectivity index is 1.40. The number of rotatable bonds is 11. The second-order valence-corrected chi connectivity index (χ2v) is 18.6. The number of sulfonamides is 1. The van der Waals surface area contributed by atoms with Crippen molar-refractivity contribution in [1.29, 1.82) is 0 Å². The van der Waals surface area contributed by atoms with Gasteiger partial charge in [-0.1, -0.05) is 38.4 Å². The van der Waals surface area contributed by atoms with E-state index in [1.54, 1.807) is 66.7 Å². The first-order valence-corrected chi connectivity index (χ1v) is 18.9. The molecule has 5 atom stereocenters. The number of methoxy groups -OCH3 is 1. The summed E-state index contributed by atoms with van der Waals surface area (Å²) in [7, 11) is -2.42. The van der Waals surface area contributed by atoms with Crippen molar-refractivity contribution in [2.45, 2.75) is 109 Å². The van der Waals surface area contributed by atoms with Crippen LogP contribution < -0.4 is 24.8 Å². The molecule has 1 aromatic carbocycles. The molecule has 1 saturated heterocycles. The highest BCUT2D eigenvalue weighted by atomic mass is 35.5. The van der Waals surface area contributed by atoms with Gasteiger partial charge in [0.05, 0.1) is 34.8 Å². The molecule has 284 valence electrons. The van der Waals surface area contributed by atoms with E-state index in [1.165, 1.54) is 18.1 Å². The van der Waals surface area contributed by atoms with Crippen molar-refractivity contribution in [2.24, 2.45) is 10.8 Å². The fourth-order valence-electron chi connectivity index (χ4n) is 6.05. The maximum atomic E-state index is 14.4. The summed E-state index contributed by atoms with van der Waals surface area (Å²) in [4.78, 5) is 64.8. The molecule has 1 unspecified atom stereocenters. The number of aromatic nitrogens is 2. The molecule has 1 aliphatic heterocycles. The lowest BCUT2D eigenvalue weighted by Crippen LogP contribution is -2.58. The monoisotopic (exact) mass is 762 g/mol. The molecule has 17 heteroatoms. The zero-order valence-corrected chi connectivity index (χ0v) is 32.2. The Kier molecular flexibility index (Phi) is 10.3. The number of nitrogens with one attached hydrogen (secondary N) is 3. The van der Waals surface area contributed by atoms with Gasteiger partial charge in [0.25, 0.3) is 5.88 Å². The van der Waals surface area contributed by atoms with Crippen molar-refractivity contribution in [3.63, 3.8) is 0 Å². The van der Waals surface area contributed by atoms with Crippen LogP contribution in [0.3, 0.4) is 0 Å². The number of carbonyl (C=O) groups is 4. The van der Waals surface area contributed by atoms with Gasteiger partial charge in [0, 0.05) is 18.5 Å². The number of likely N-dealkylation sites (tertiary alicyclic amines) is 1. The Morgan fingerprint density at radius 1 is 1.10 bits per heavy atom. The Morgan fingerprint density at radius 2 is 1.77 bits per heavy atom. The Bertz CT molecular complexity index is 1910. The summed E-state index contributed by atoms with van der Waals surface area (Å²) in [6.45, 7) is 15.6. The number of hydrogen-bond donors (Lipinski definition) is 3. The molecule has 3 fully saturated rings. The van der Waals surface area contributed by atoms with Crippen LogP contribution in [0.5, 0.6) is 11.6 Å². The first-order valence-electron chi connectivity index (χ1n) is 17.0. The van der Waals surface area contributed by atoms with Crippen LogP contribution >= 0.6 is 11.6 Å². The predicted molar refractivity (Wildman–Crippen MR) is 192 cm³/mol. The van der Waals surface area contributed by atoms with Crippen molar-refractivity contribution < 1.29 is 41.8 Å². The topological polar surface area (TPSA) is 195 Å². The SMILES string of the molecule is C=C[C@]1(C(=O)NS(=O)(=O)C2(C)CC2)CC1NC(=O)[C@@H]1C[C@@H](Oc2nc3cc(OC)ccc3nc2Cl)CN1C(=O)[C@@H](NC(=O)OC(C)(C)C)C(C)(C)C. The van der Waals surface area contributed by atoms with Gasteiger partial charge in [0.2, 0.25) is 27.7 Å². The molecule has 4 amide bonds. The molecule has 2 heterocycles. The van der Waals surface area contributed by atoms with Gasteiger partial charge in [-0.25, -0.2) is 23.2 Å². The minimum atomic E-state index is -3.93. The molecule has 0 bridgehead atoms. The Hall–Kier alpha value is -4.18. The molecule has 2 aromatic rings. The fraction of sp³-hybridized carbons (Fsp3) is 0.600. The van der Waals surface area contributed by atoms with Crippen LogP contribution in [0.25, 0.3) is 11.0 Å². The number of halogens is 1. The first kappa shape index (κ1) is 39.0. The van der Waals surface area contributed by atoms with Crippen LogP contribution in [0, 0.1) is 10.8 Å². The molecular weight excluding hydrogens is 716 g/mol. The van der Waals surface area contributed by atoms with E-state index in [9.17, 15) is 27.6 Å². The molecule has 3 N–H and O–H groups in total. The standard InChI is InChI=1S/C35H47ClN6O9S/c1-10-35(30(45)41-52(47,48)34(8)13-14-34)17-24(35)39-27(43)23-16-20(50-28-26(36)37-21-12-11-19(49-9)15-22(21)38-28)18-42(23)29(44)25(32(2,3)4)40-31(46)51-33(5,6)7/h10-12,15,20,23-25H,1,13-14,16-18H2,2-9H3,(H,39,43)(H,40,46)(H,41,45)/t20-,23+,24?,25-,35+/m1/s1. The molecule has 2 aliphatic carbocycles. The highest BCUT2D eigenvalue weighted by molar-refractivity contribution is 7.91. The number of hydrogen-bond acceptors (Lipinski definition) is 11. The number of carbonyl (C=O) groups excluding carboxylic acids is 4. The van der Waals surface area contributed by atoms with Crippen molar-refractivity contribution in [2.75, 3.05) is 13.7 Å². The molecule has 5 rings (SSSR count). The minimum Gasteiger partial charge on any atom is -0.497 e. The highest BCUT2D eigenvalue weighted by Gasteiger charge is 2.62. The average Bonchev–Trinajstić information content (AvgIpc) is 3.92. The van der Waals surface area contributed by atoms with Gasteiger partial charge >= 0.3 is 6.09 Å². The van der Waals surface area contributed by atoms with E-state index < -0.39 is 79.2 Å². The summed E-state index contributed by atoms with van der Waals surface area (Å²) in [5.41, 5.74) is -2.08. The van der Waals surface area contributed by atoms with Crippen molar-refractivity contribution >= 4 is 56.5 Å². The molecule has 15 nitrogen and oxygen atoms in total. The largest absolute Gasteiger partial charge is 0.497 e. The number of amides is 4. The van der Waals surface area contributed by atoms with Crippen molar-refractivity contribution in [3.8, 4) is 11.6 Å². The Labute approximate surface area is 308 Å². The number of fused-ring (bicyclic) bond motifs is 1. The molecule has 2 saturated carbocycles. The second kappa shape index (κ2) is 13.7.